The van der Waals surface area contributed by atoms with Crippen LogP contribution in [0.4, 0.5) is 5.69 Å². The van der Waals surface area contributed by atoms with Crippen molar-refractivity contribution >= 4 is 23.1 Å². The third kappa shape index (κ3) is 4.59. The molecule has 1 saturated heterocycles. The average Bonchev–Trinajstić information content (AvgIpc) is 3.14. The predicted octanol–water partition coefficient (Wildman–Crippen LogP) is 6.02. The lowest BCUT2D eigenvalue weighted by Gasteiger charge is -2.26. The fourth-order valence-corrected chi connectivity index (χ4v) is 4.49. The van der Waals surface area contributed by atoms with E-state index in [4.69, 9.17) is 9.47 Å². The number of methoxy groups -OCH3 is 1. The minimum Gasteiger partial charge on any atom is -0.507 e. The van der Waals surface area contributed by atoms with Gasteiger partial charge < -0.3 is 14.6 Å². The highest BCUT2D eigenvalue weighted by Gasteiger charge is 2.47. The maximum Gasteiger partial charge on any atom is 0.300 e. The third-order valence-corrected chi connectivity index (χ3v) is 6.27. The molecule has 3 aromatic carbocycles. The molecule has 0 aliphatic carbocycles. The van der Waals surface area contributed by atoms with Crippen LogP contribution in [0.5, 0.6) is 11.5 Å². The number of aliphatic hydroxyl groups is 1. The van der Waals surface area contributed by atoms with E-state index in [0.29, 0.717) is 23.6 Å². The molecule has 186 valence electrons. The first-order valence-corrected chi connectivity index (χ1v) is 11.9. The molecular weight excluding hydrogens is 454 g/mol. The summed E-state index contributed by atoms with van der Waals surface area (Å²) in [6.07, 6.45) is 0. The highest BCUT2D eigenvalue weighted by Crippen LogP contribution is 2.43. The Labute approximate surface area is 211 Å². The van der Waals surface area contributed by atoms with E-state index in [1.54, 1.807) is 43.5 Å². The number of aliphatic hydroxyl groups excluding tert-OH is 1. The summed E-state index contributed by atoms with van der Waals surface area (Å²) in [5, 5.41) is 11.5. The van der Waals surface area contributed by atoms with E-state index in [1.165, 1.54) is 4.90 Å². The van der Waals surface area contributed by atoms with Crippen molar-refractivity contribution in [3.05, 3.63) is 95.1 Å². The van der Waals surface area contributed by atoms with Gasteiger partial charge in [-0.1, -0.05) is 51.1 Å². The van der Waals surface area contributed by atoms with Crippen LogP contribution in [0.2, 0.25) is 0 Å². The van der Waals surface area contributed by atoms with Gasteiger partial charge in [0.05, 0.1) is 25.3 Å². The summed E-state index contributed by atoms with van der Waals surface area (Å²) in [6, 6.07) is 20.8. The number of benzene rings is 3. The van der Waals surface area contributed by atoms with Crippen LogP contribution in [-0.2, 0) is 15.0 Å². The molecule has 3 aromatic rings. The van der Waals surface area contributed by atoms with Crippen LogP contribution >= 0.6 is 0 Å². The average molecular weight is 486 g/mol. The molecule has 0 saturated carbocycles. The number of Topliss-reactive ketones (excluding diaryl/α,β-unsaturated/α-hetero) is 1. The molecule has 36 heavy (non-hydrogen) atoms. The van der Waals surface area contributed by atoms with Gasteiger partial charge in [0.15, 0.2) is 0 Å². The van der Waals surface area contributed by atoms with Crippen molar-refractivity contribution in [3.8, 4) is 11.5 Å². The van der Waals surface area contributed by atoms with Gasteiger partial charge in [-0.05, 0) is 60.4 Å². The minimum absolute atomic E-state index is 0.0473. The number of rotatable bonds is 6. The molecule has 0 bridgehead atoms. The molecule has 6 heteroatoms. The number of hydrogen-bond donors (Lipinski definition) is 1. The van der Waals surface area contributed by atoms with Gasteiger partial charge in [0.2, 0.25) is 0 Å². The smallest absolute Gasteiger partial charge is 0.300 e. The second kappa shape index (κ2) is 9.90. The fourth-order valence-electron chi connectivity index (χ4n) is 4.49. The minimum atomic E-state index is -0.788. The number of ether oxygens (including phenoxy) is 2. The summed E-state index contributed by atoms with van der Waals surface area (Å²) < 4.78 is 11.1. The summed E-state index contributed by atoms with van der Waals surface area (Å²) in [6.45, 7) is 8.60. The monoisotopic (exact) mass is 485 g/mol. The summed E-state index contributed by atoms with van der Waals surface area (Å²) >= 11 is 0. The number of ketones is 1. The molecule has 0 spiro atoms. The molecular formula is C30H31NO5. The Hall–Kier alpha value is -4.06. The lowest BCUT2D eigenvalue weighted by atomic mass is 9.84. The Morgan fingerprint density at radius 3 is 2.22 bits per heavy atom. The van der Waals surface area contributed by atoms with E-state index in [1.807, 2.05) is 43.3 Å². The van der Waals surface area contributed by atoms with Crippen molar-refractivity contribution in [2.45, 2.75) is 39.2 Å². The molecule has 1 aliphatic rings. The fraction of sp³-hybridized carbons (Fsp3) is 0.267. The van der Waals surface area contributed by atoms with E-state index in [9.17, 15) is 14.7 Å². The number of carbonyl (C=O) groups excluding carboxylic acids is 2. The van der Waals surface area contributed by atoms with Gasteiger partial charge in [-0.2, -0.15) is 0 Å². The molecule has 1 atom stereocenters. The number of amides is 1. The second-order valence-corrected chi connectivity index (χ2v) is 9.67. The van der Waals surface area contributed by atoms with Gasteiger partial charge in [0, 0.05) is 16.8 Å². The van der Waals surface area contributed by atoms with E-state index in [2.05, 4.69) is 20.8 Å². The molecule has 1 fully saturated rings. The molecule has 6 nitrogen and oxygen atoms in total. The first kappa shape index (κ1) is 25.0. The Bertz CT molecular complexity index is 1300. The Kier molecular flexibility index (Phi) is 6.88. The van der Waals surface area contributed by atoms with Crippen molar-refractivity contribution in [2.75, 3.05) is 18.6 Å². The second-order valence-electron chi connectivity index (χ2n) is 9.67. The van der Waals surface area contributed by atoms with Gasteiger partial charge in [-0.15, -0.1) is 0 Å². The van der Waals surface area contributed by atoms with Crippen LogP contribution in [0.15, 0.2) is 78.4 Å². The molecule has 1 N–H and O–H groups in total. The Morgan fingerprint density at radius 1 is 0.972 bits per heavy atom. The van der Waals surface area contributed by atoms with Gasteiger partial charge in [0.1, 0.15) is 17.3 Å². The van der Waals surface area contributed by atoms with Gasteiger partial charge in [0.25, 0.3) is 11.7 Å². The van der Waals surface area contributed by atoms with Gasteiger partial charge >= 0.3 is 0 Å². The van der Waals surface area contributed by atoms with E-state index >= 15 is 0 Å². The van der Waals surface area contributed by atoms with Crippen LogP contribution in [0.3, 0.4) is 0 Å². The van der Waals surface area contributed by atoms with Crippen molar-refractivity contribution in [3.63, 3.8) is 0 Å². The third-order valence-electron chi connectivity index (χ3n) is 6.27. The zero-order valence-electron chi connectivity index (χ0n) is 21.2. The Morgan fingerprint density at radius 2 is 1.64 bits per heavy atom. The van der Waals surface area contributed by atoms with Crippen molar-refractivity contribution in [1.82, 2.24) is 0 Å². The van der Waals surface area contributed by atoms with E-state index < -0.39 is 17.7 Å². The standard InChI is InChI=1S/C30H31NO5/c1-6-36-24-17-12-20(18-23(24)30(2,3)4)27(32)25-26(19-10-8-7-9-11-19)31(29(34)28(25)33)21-13-15-22(35-5)16-14-21/h7-18,26,32H,6H2,1-5H3/b27-25-. The first-order chi connectivity index (χ1) is 17.2. The molecule has 1 unspecified atom stereocenters. The molecule has 1 amide bonds. The summed E-state index contributed by atoms with van der Waals surface area (Å²) in [4.78, 5) is 28.2. The number of anilines is 1. The quantitative estimate of drug-likeness (QED) is 0.263. The van der Waals surface area contributed by atoms with E-state index in [0.717, 1.165) is 16.9 Å². The summed E-state index contributed by atoms with van der Waals surface area (Å²) in [5.41, 5.74) is 2.38. The SMILES string of the molecule is CCOc1ccc(/C(O)=C2/C(=O)C(=O)N(c3ccc(OC)cc3)C2c2ccccc2)cc1C(C)(C)C. The van der Waals surface area contributed by atoms with Gasteiger partial charge in [-0.3, -0.25) is 14.5 Å². The molecule has 0 radical (unpaired) electrons. The summed E-state index contributed by atoms with van der Waals surface area (Å²) in [7, 11) is 1.56. The van der Waals surface area contributed by atoms with Crippen molar-refractivity contribution in [1.29, 1.82) is 0 Å². The normalized spacial score (nSPS) is 17.4. The van der Waals surface area contributed by atoms with Crippen molar-refractivity contribution < 1.29 is 24.2 Å². The lowest BCUT2D eigenvalue weighted by molar-refractivity contribution is -0.132. The van der Waals surface area contributed by atoms with Crippen LogP contribution < -0.4 is 14.4 Å². The van der Waals surface area contributed by atoms with E-state index in [-0.39, 0.29) is 16.7 Å². The number of hydrogen-bond acceptors (Lipinski definition) is 5. The van der Waals surface area contributed by atoms with Crippen LogP contribution in [0, 0.1) is 0 Å². The maximum atomic E-state index is 13.4. The number of carbonyl (C=O) groups is 2. The first-order valence-electron chi connectivity index (χ1n) is 11.9. The van der Waals surface area contributed by atoms with Crippen LogP contribution in [0.1, 0.15) is 50.4 Å². The molecule has 4 rings (SSSR count). The van der Waals surface area contributed by atoms with Crippen molar-refractivity contribution in [2.24, 2.45) is 0 Å². The summed E-state index contributed by atoms with van der Waals surface area (Å²) in [5.74, 6) is -0.289. The topological polar surface area (TPSA) is 76.1 Å². The van der Waals surface area contributed by atoms with Crippen LogP contribution in [-0.4, -0.2) is 30.5 Å². The highest BCUT2D eigenvalue weighted by atomic mass is 16.5. The number of nitrogens with zero attached hydrogens (tertiary/aromatic N) is 1. The lowest BCUT2D eigenvalue weighted by Crippen LogP contribution is -2.29. The molecule has 0 aromatic heterocycles. The Balaban J connectivity index is 1.91. The zero-order chi connectivity index (χ0) is 26.0. The highest BCUT2D eigenvalue weighted by molar-refractivity contribution is 6.51. The molecule has 1 heterocycles. The van der Waals surface area contributed by atoms with Gasteiger partial charge in [-0.25, -0.2) is 0 Å². The largest absolute Gasteiger partial charge is 0.507 e. The van der Waals surface area contributed by atoms with Crippen LogP contribution in [0.25, 0.3) is 5.76 Å². The maximum absolute atomic E-state index is 13.4. The molecule has 1 aliphatic heterocycles. The zero-order valence-corrected chi connectivity index (χ0v) is 21.2. The predicted molar refractivity (Wildman–Crippen MR) is 141 cm³/mol.